The fraction of sp³-hybridized carbons (Fsp3) is 0.350. The standard InChI is InChI=1S/C20H28N3O2S/c1-20(14-21,17-9-5-8-16(12-17)19(22)23)13-18(26(24)25)11-10-15-6-3-2-4-7-15/h2-9,12,14,18-19,26H,10-11,13,21-23H2,1H3. The van der Waals surface area contributed by atoms with Gasteiger partial charge in [0.2, 0.25) is 0 Å². The predicted molar refractivity (Wildman–Crippen MR) is 107 cm³/mol. The van der Waals surface area contributed by atoms with Crippen molar-refractivity contribution < 1.29 is 8.42 Å². The molecule has 0 aliphatic carbocycles. The zero-order chi connectivity index (χ0) is 19.2. The van der Waals surface area contributed by atoms with E-state index in [4.69, 9.17) is 17.2 Å². The maximum absolute atomic E-state index is 11.9. The summed E-state index contributed by atoms with van der Waals surface area (Å²) in [7, 11) is -2.57. The molecule has 2 aromatic rings. The molecule has 0 bridgehead atoms. The van der Waals surface area contributed by atoms with Gasteiger partial charge in [0.05, 0.1) is 11.4 Å². The van der Waals surface area contributed by atoms with Crippen molar-refractivity contribution in [2.75, 3.05) is 0 Å². The Balaban J connectivity index is 2.19. The highest BCUT2D eigenvalue weighted by molar-refractivity contribution is 7.73. The topological polar surface area (TPSA) is 112 Å². The number of nitrogens with two attached hydrogens (primary N) is 3. The maximum Gasteiger partial charge on any atom is 0.143 e. The predicted octanol–water partition coefficient (Wildman–Crippen LogP) is 1.98. The number of aryl methyl sites for hydroxylation is 1. The Morgan fingerprint density at radius 2 is 1.77 bits per heavy atom. The van der Waals surface area contributed by atoms with Crippen LogP contribution in [0, 0.1) is 6.54 Å². The molecule has 2 unspecified atom stereocenters. The Bertz CT molecular complexity index is 770. The first-order chi connectivity index (χ1) is 12.4. The van der Waals surface area contributed by atoms with Crippen molar-refractivity contribution in [1.82, 2.24) is 0 Å². The lowest BCUT2D eigenvalue weighted by Crippen LogP contribution is -2.33. The molecule has 6 N–H and O–H groups in total. The van der Waals surface area contributed by atoms with E-state index in [0.717, 1.165) is 16.7 Å². The van der Waals surface area contributed by atoms with E-state index < -0.39 is 27.5 Å². The smallest absolute Gasteiger partial charge is 0.143 e. The van der Waals surface area contributed by atoms with Gasteiger partial charge in [-0.3, -0.25) is 0 Å². The van der Waals surface area contributed by atoms with E-state index in [1.165, 1.54) is 0 Å². The molecule has 26 heavy (non-hydrogen) atoms. The monoisotopic (exact) mass is 374 g/mol. The Morgan fingerprint density at radius 1 is 1.08 bits per heavy atom. The zero-order valence-electron chi connectivity index (χ0n) is 15.0. The van der Waals surface area contributed by atoms with Gasteiger partial charge in [0.1, 0.15) is 10.7 Å². The quantitative estimate of drug-likeness (QED) is 0.396. The van der Waals surface area contributed by atoms with Gasteiger partial charge in [-0.2, -0.15) is 0 Å². The van der Waals surface area contributed by atoms with Crippen LogP contribution in [0.4, 0.5) is 0 Å². The van der Waals surface area contributed by atoms with E-state index >= 15 is 0 Å². The summed E-state index contributed by atoms with van der Waals surface area (Å²) >= 11 is 0. The van der Waals surface area contributed by atoms with E-state index in [1.807, 2.05) is 61.5 Å². The van der Waals surface area contributed by atoms with Crippen LogP contribution in [0.5, 0.6) is 0 Å². The van der Waals surface area contributed by atoms with Crippen LogP contribution in [-0.4, -0.2) is 13.7 Å². The van der Waals surface area contributed by atoms with E-state index in [9.17, 15) is 8.42 Å². The molecule has 2 atom stereocenters. The molecule has 1 radical (unpaired) electrons. The molecule has 0 aliphatic heterocycles. The molecule has 6 heteroatoms. The van der Waals surface area contributed by atoms with E-state index in [0.29, 0.717) is 19.3 Å². The molecule has 2 rings (SSSR count). The summed E-state index contributed by atoms with van der Waals surface area (Å²) in [5, 5.41) is -0.467. The first-order valence-electron chi connectivity index (χ1n) is 8.71. The molecule has 0 aromatic heterocycles. The minimum absolute atomic E-state index is 0.415. The lowest BCUT2D eigenvalue weighted by Gasteiger charge is -2.31. The fourth-order valence-corrected chi connectivity index (χ4v) is 4.00. The Labute approximate surface area is 157 Å². The number of rotatable bonds is 9. The molecule has 0 heterocycles. The first kappa shape index (κ1) is 20.6. The van der Waals surface area contributed by atoms with Crippen LogP contribution in [0.3, 0.4) is 0 Å². The Morgan fingerprint density at radius 3 is 2.35 bits per heavy atom. The summed E-state index contributed by atoms with van der Waals surface area (Å²) in [4.78, 5) is 0. The molecule has 5 nitrogen and oxygen atoms in total. The largest absolute Gasteiger partial charge is 0.326 e. The van der Waals surface area contributed by atoms with Crippen LogP contribution in [-0.2, 0) is 22.5 Å². The van der Waals surface area contributed by atoms with Crippen molar-refractivity contribution in [2.24, 2.45) is 17.2 Å². The molecular formula is C20H28N3O2S. The SMILES string of the molecule is CC([CH]N)(CC(CCc1ccccc1)[SH](=O)=O)c1cccc(C(N)N)c1. The van der Waals surface area contributed by atoms with Gasteiger partial charge in [-0.05, 0) is 36.0 Å². The summed E-state index contributed by atoms with van der Waals surface area (Å²) in [6.45, 7) is 3.52. The highest BCUT2D eigenvalue weighted by atomic mass is 32.2. The second-order valence-corrected chi connectivity index (χ2v) is 8.20. The van der Waals surface area contributed by atoms with Crippen molar-refractivity contribution in [3.8, 4) is 0 Å². The maximum atomic E-state index is 11.9. The van der Waals surface area contributed by atoms with Crippen LogP contribution in [0.2, 0.25) is 0 Å². The van der Waals surface area contributed by atoms with Crippen LogP contribution in [0.1, 0.15) is 42.6 Å². The van der Waals surface area contributed by atoms with Crippen molar-refractivity contribution in [3.63, 3.8) is 0 Å². The van der Waals surface area contributed by atoms with Crippen LogP contribution >= 0.6 is 0 Å². The van der Waals surface area contributed by atoms with Crippen LogP contribution in [0.25, 0.3) is 0 Å². The Kier molecular flexibility index (Phi) is 7.34. The van der Waals surface area contributed by atoms with Crippen molar-refractivity contribution in [3.05, 3.63) is 77.8 Å². The summed E-state index contributed by atoms with van der Waals surface area (Å²) in [5.41, 5.74) is 19.7. The van der Waals surface area contributed by atoms with Crippen molar-refractivity contribution in [2.45, 2.75) is 43.0 Å². The van der Waals surface area contributed by atoms with Crippen LogP contribution < -0.4 is 17.2 Å². The molecule has 0 fully saturated rings. The summed E-state index contributed by atoms with van der Waals surface area (Å²) in [6, 6.07) is 17.4. The number of benzene rings is 2. The van der Waals surface area contributed by atoms with E-state index in [-0.39, 0.29) is 0 Å². The zero-order valence-corrected chi connectivity index (χ0v) is 15.9. The van der Waals surface area contributed by atoms with Gasteiger partial charge in [0, 0.05) is 12.0 Å². The lowest BCUT2D eigenvalue weighted by molar-refractivity contribution is 0.461. The first-order valence-corrected chi connectivity index (χ1v) is 9.95. The molecule has 141 valence electrons. The number of hydrogen-bond donors (Lipinski definition) is 4. The van der Waals surface area contributed by atoms with Gasteiger partial charge in [0.25, 0.3) is 0 Å². The minimum atomic E-state index is -2.57. The van der Waals surface area contributed by atoms with Crippen LogP contribution in [0.15, 0.2) is 54.6 Å². The third-order valence-corrected chi connectivity index (χ3v) is 5.90. The minimum Gasteiger partial charge on any atom is -0.326 e. The van der Waals surface area contributed by atoms with Gasteiger partial charge >= 0.3 is 0 Å². The second-order valence-electron chi connectivity index (χ2n) is 6.90. The lowest BCUT2D eigenvalue weighted by atomic mass is 9.77. The van der Waals surface area contributed by atoms with Gasteiger partial charge in [-0.1, -0.05) is 61.5 Å². The molecule has 0 saturated heterocycles. The molecule has 2 aromatic carbocycles. The third-order valence-electron chi connectivity index (χ3n) is 4.87. The average molecular weight is 375 g/mol. The average Bonchev–Trinajstić information content (AvgIpc) is 2.65. The van der Waals surface area contributed by atoms with Gasteiger partial charge in [0.15, 0.2) is 0 Å². The summed E-state index contributed by atoms with van der Waals surface area (Å²) in [5.74, 6) is 0. The highest BCUT2D eigenvalue weighted by Crippen LogP contribution is 2.33. The van der Waals surface area contributed by atoms with E-state index in [2.05, 4.69) is 0 Å². The van der Waals surface area contributed by atoms with Gasteiger partial charge < -0.3 is 17.2 Å². The van der Waals surface area contributed by atoms with Crippen molar-refractivity contribution in [1.29, 1.82) is 0 Å². The third kappa shape index (κ3) is 5.38. The highest BCUT2D eigenvalue weighted by Gasteiger charge is 2.31. The molecule has 0 saturated carbocycles. The molecular weight excluding hydrogens is 346 g/mol. The number of thiol groups is 1. The van der Waals surface area contributed by atoms with Gasteiger partial charge in [-0.25, -0.2) is 8.42 Å². The normalized spacial score (nSPS) is 15.2. The number of hydrogen-bond acceptors (Lipinski definition) is 5. The fourth-order valence-electron chi connectivity index (χ4n) is 3.13. The van der Waals surface area contributed by atoms with Crippen molar-refractivity contribution >= 4 is 10.7 Å². The molecule has 0 amide bonds. The van der Waals surface area contributed by atoms with E-state index in [1.54, 1.807) is 6.54 Å². The summed E-state index contributed by atoms with van der Waals surface area (Å²) < 4.78 is 23.7. The summed E-state index contributed by atoms with van der Waals surface area (Å²) in [6.07, 6.45) is 1.10. The molecule has 0 aliphatic rings. The molecule has 0 spiro atoms. The van der Waals surface area contributed by atoms with Gasteiger partial charge in [-0.15, -0.1) is 0 Å². The Hall–Kier alpha value is -1.73. The second kappa shape index (κ2) is 9.28.